The molecular formula is C20H23NOS. The highest BCUT2D eigenvalue weighted by atomic mass is 32.2. The van der Waals surface area contributed by atoms with Crippen molar-refractivity contribution in [3.8, 4) is 0 Å². The molecule has 0 unspecified atom stereocenters. The molecule has 0 atom stereocenters. The Labute approximate surface area is 143 Å². The topological polar surface area (TPSA) is 20.3 Å². The lowest BCUT2D eigenvalue weighted by Gasteiger charge is -2.35. The first-order chi connectivity index (χ1) is 11.0. The van der Waals surface area contributed by atoms with E-state index in [4.69, 9.17) is 0 Å². The molecule has 2 aromatic carbocycles. The molecule has 0 aliphatic rings. The number of benzene rings is 2. The molecule has 0 saturated heterocycles. The van der Waals surface area contributed by atoms with E-state index in [2.05, 4.69) is 32.9 Å². The van der Waals surface area contributed by atoms with E-state index in [1.54, 1.807) is 17.8 Å². The van der Waals surface area contributed by atoms with Gasteiger partial charge in [-0.1, -0.05) is 60.3 Å². The molecule has 0 heterocycles. The fraction of sp³-hybridized carbons (Fsp3) is 0.250. The Morgan fingerprint density at radius 1 is 1.00 bits per heavy atom. The summed E-state index contributed by atoms with van der Waals surface area (Å²) in [7, 11) is 0. The minimum Gasteiger partial charge on any atom is -0.330 e. The monoisotopic (exact) mass is 325 g/mol. The molecule has 0 saturated carbocycles. The Morgan fingerprint density at radius 2 is 1.57 bits per heavy atom. The molecule has 120 valence electrons. The van der Waals surface area contributed by atoms with E-state index in [0.717, 1.165) is 10.5 Å². The van der Waals surface area contributed by atoms with Crippen molar-refractivity contribution in [2.45, 2.75) is 37.8 Å². The van der Waals surface area contributed by atoms with Crippen LogP contribution in [0.15, 0.2) is 77.0 Å². The summed E-state index contributed by atoms with van der Waals surface area (Å²) >= 11 is 1.56. The van der Waals surface area contributed by atoms with Crippen LogP contribution in [0.2, 0.25) is 0 Å². The van der Waals surface area contributed by atoms with Crippen molar-refractivity contribution in [1.29, 1.82) is 0 Å². The predicted octanol–water partition coefficient (Wildman–Crippen LogP) is 5.12. The van der Waals surface area contributed by atoms with Crippen LogP contribution in [0.1, 0.15) is 26.3 Å². The van der Waals surface area contributed by atoms with Gasteiger partial charge in [0.1, 0.15) is 0 Å². The largest absolute Gasteiger partial charge is 0.330 e. The maximum Gasteiger partial charge on any atom is 0.247 e. The first-order valence-corrected chi connectivity index (χ1v) is 8.58. The van der Waals surface area contributed by atoms with Crippen molar-refractivity contribution in [2.75, 3.05) is 0 Å². The van der Waals surface area contributed by atoms with Gasteiger partial charge >= 0.3 is 0 Å². The predicted molar refractivity (Wildman–Crippen MR) is 98.2 cm³/mol. The van der Waals surface area contributed by atoms with Crippen molar-refractivity contribution in [3.05, 3.63) is 77.7 Å². The van der Waals surface area contributed by atoms with E-state index in [0.29, 0.717) is 6.54 Å². The minimum atomic E-state index is -0.228. The van der Waals surface area contributed by atoms with Gasteiger partial charge in [-0.2, -0.15) is 0 Å². The van der Waals surface area contributed by atoms with Crippen LogP contribution in [0.3, 0.4) is 0 Å². The number of carbonyl (C=O) groups is 1. The number of amides is 1. The van der Waals surface area contributed by atoms with Crippen LogP contribution in [0.25, 0.3) is 0 Å². The van der Waals surface area contributed by atoms with E-state index < -0.39 is 0 Å². The lowest BCUT2D eigenvalue weighted by atomic mass is 10.0. The van der Waals surface area contributed by atoms with Crippen molar-refractivity contribution < 1.29 is 4.79 Å². The Hall–Kier alpha value is -2.00. The molecule has 0 aliphatic carbocycles. The molecule has 0 N–H and O–H groups in total. The van der Waals surface area contributed by atoms with Crippen LogP contribution in [0.5, 0.6) is 0 Å². The molecule has 0 aliphatic heterocycles. The normalized spacial score (nSPS) is 11.6. The van der Waals surface area contributed by atoms with Gasteiger partial charge in [-0.05, 0) is 43.9 Å². The third kappa shape index (κ3) is 5.61. The molecule has 0 spiro atoms. The van der Waals surface area contributed by atoms with Crippen LogP contribution in [0, 0.1) is 0 Å². The van der Waals surface area contributed by atoms with Gasteiger partial charge in [-0.25, -0.2) is 0 Å². The number of hydrogen-bond acceptors (Lipinski definition) is 2. The molecule has 0 aromatic heterocycles. The van der Waals surface area contributed by atoms with Gasteiger partial charge in [0.15, 0.2) is 0 Å². The average molecular weight is 325 g/mol. The fourth-order valence-electron chi connectivity index (χ4n) is 2.17. The Bertz CT molecular complexity index is 644. The minimum absolute atomic E-state index is 0.0322. The third-order valence-corrected chi connectivity index (χ3v) is 4.23. The van der Waals surface area contributed by atoms with Gasteiger partial charge < -0.3 is 4.90 Å². The van der Waals surface area contributed by atoms with E-state index in [1.807, 2.05) is 58.8 Å². The smallest absolute Gasteiger partial charge is 0.247 e. The van der Waals surface area contributed by atoms with Gasteiger partial charge in [-0.3, -0.25) is 4.79 Å². The second-order valence-electron chi connectivity index (χ2n) is 6.31. The number of nitrogens with zero attached hydrogens (tertiary/aromatic N) is 1. The van der Waals surface area contributed by atoms with Crippen molar-refractivity contribution in [3.63, 3.8) is 0 Å². The molecule has 0 radical (unpaired) electrons. The van der Waals surface area contributed by atoms with Crippen molar-refractivity contribution >= 4 is 17.7 Å². The van der Waals surface area contributed by atoms with Gasteiger partial charge in [0, 0.05) is 23.1 Å². The zero-order valence-electron chi connectivity index (χ0n) is 13.9. The SMILES string of the molecule is CC(C)(C)N(Cc1ccccc1)C(=O)/C=C\Sc1ccccc1. The molecule has 1 amide bonds. The second kappa shape index (κ2) is 8.02. The molecule has 23 heavy (non-hydrogen) atoms. The molecule has 2 aromatic rings. The van der Waals surface area contributed by atoms with E-state index in [-0.39, 0.29) is 11.4 Å². The van der Waals surface area contributed by atoms with Crippen LogP contribution in [0.4, 0.5) is 0 Å². The molecule has 2 nitrogen and oxygen atoms in total. The van der Waals surface area contributed by atoms with Gasteiger partial charge in [-0.15, -0.1) is 0 Å². The molecule has 0 fully saturated rings. The number of hydrogen-bond donors (Lipinski definition) is 0. The summed E-state index contributed by atoms with van der Waals surface area (Å²) in [4.78, 5) is 15.6. The fourth-order valence-corrected chi connectivity index (χ4v) is 2.83. The van der Waals surface area contributed by atoms with E-state index in [9.17, 15) is 4.79 Å². The zero-order valence-corrected chi connectivity index (χ0v) is 14.7. The second-order valence-corrected chi connectivity index (χ2v) is 7.29. The first-order valence-electron chi connectivity index (χ1n) is 7.70. The molecule has 0 bridgehead atoms. The van der Waals surface area contributed by atoms with Gasteiger partial charge in [0.25, 0.3) is 0 Å². The summed E-state index contributed by atoms with van der Waals surface area (Å²) in [6.07, 6.45) is 1.66. The Balaban J connectivity index is 2.05. The summed E-state index contributed by atoms with van der Waals surface area (Å²) in [5, 5.41) is 1.86. The van der Waals surface area contributed by atoms with Crippen LogP contribution in [-0.4, -0.2) is 16.3 Å². The molecular weight excluding hydrogens is 302 g/mol. The lowest BCUT2D eigenvalue weighted by Crippen LogP contribution is -2.44. The first kappa shape index (κ1) is 17.4. The quantitative estimate of drug-likeness (QED) is 0.562. The summed E-state index contributed by atoms with van der Waals surface area (Å²) in [5.74, 6) is 0.0322. The summed E-state index contributed by atoms with van der Waals surface area (Å²) in [5.41, 5.74) is 0.911. The maximum absolute atomic E-state index is 12.6. The lowest BCUT2D eigenvalue weighted by molar-refractivity contribution is -0.131. The van der Waals surface area contributed by atoms with Gasteiger partial charge in [0.05, 0.1) is 0 Å². The molecule has 2 rings (SSSR count). The summed E-state index contributed by atoms with van der Waals surface area (Å²) < 4.78 is 0. The van der Waals surface area contributed by atoms with E-state index in [1.165, 1.54) is 0 Å². The van der Waals surface area contributed by atoms with Crippen molar-refractivity contribution in [1.82, 2.24) is 4.90 Å². The average Bonchev–Trinajstić information content (AvgIpc) is 2.53. The third-order valence-electron chi connectivity index (χ3n) is 3.42. The Morgan fingerprint density at radius 3 is 2.13 bits per heavy atom. The summed E-state index contributed by atoms with van der Waals surface area (Å²) in [6, 6.07) is 20.1. The van der Waals surface area contributed by atoms with Crippen LogP contribution < -0.4 is 0 Å². The highest BCUT2D eigenvalue weighted by molar-refractivity contribution is 8.02. The zero-order chi connectivity index (χ0) is 16.7. The number of thioether (sulfide) groups is 1. The van der Waals surface area contributed by atoms with Gasteiger partial charge in [0.2, 0.25) is 5.91 Å². The highest BCUT2D eigenvalue weighted by Crippen LogP contribution is 2.21. The van der Waals surface area contributed by atoms with Crippen LogP contribution >= 0.6 is 11.8 Å². The number of rotatable bonds is 5. The standard InChI is InChI=1S/C20H23NOS/c1-20(2,3)21(16-17-10-6-4-7-11-17)19(22)14-15-23-18-12-8-5-9-13-18/h4-15H,16H2,1-3H3/b15-14-. The maximum atomic E-state index is 12.6. The van der Waals surface area contributed by atoms with E-state index >= 15 is 0 Å². The summed E-state index contributed by atoms with van der Waals surface area (Å²) in [6.45, 7) is 6.80. The van der Waals surface area contributed by atoms with Crippen molar-refractivity contribution in [2.24, 2.45) is 0 Å². The van der Waals surface area contributed by atoms with Crippen LogP contribution in [-0.2, 0) is 11.3 Å². The number of carbonyl (C=O) groups excluding carboxylic acids is 1. The molecule has 3 heteroatoms. The highest BCUT2D eigenvalue weighted by Gasteiger charge is 2.24. The Kier molecular flexibility index (Phi) is 6.05.